The Kier molecular flexibility index (Phi) is 5.23. The first-order valence-electron chi connectivity index (χ1n) is 6.13. The summed E-state index contributed by atoms with van der Waals surface area (Å²) in [6.45, 7) is 6.32. The van der Waals surface area contributed by atoms with E-state index >= 15 is 0 Å². The smallest absolute Gasteiger partial charge is 0.254 e. The highest BCUT2D eigenvalue weighted by Gasteiger charge is 2.20. The van der Waals surface area contributed by atoms with Gasteiger partial charge in [-0.15, -0.1) is 0 Å². The molecule has 1 amide bonds. The number of halogens is 1. The van der Waals surface area contributed by atoms with E-state index in [4.69, 9.17) is 4.74 Å². The lowest BCUT2D eigenvalue weighted by atomic mass is 10.1. The molecule has 0 bridgehead atoms. The van der Waals surface area contributed by atoms with Gasteiger partial charge in [-0.2, -0.15) is 0 Å². The van der Waals surface area contributed by atoms with Crippen LogP contribution in [0.1, 0.15) is 31.1 Å². The molecule has 0 spiro atoms. The Hall–Kier alpha value is -1.69. The average Bonchev–Trinajstić information content (AvgIpc) is 2.39. The van der Waals surface area contributed by atoms with Gasteiger partial charge in [-0.1, -0.05) is 0 Å². The Morgan fingerprint density at radius 3 is 2.79 bits per heavy atom. The van der Waals surface area contributed by atoms with Crippen LogP contribution >= 0.6 is 0 Å². The van der Waals surface area contributed by atoms with E-state index in [0.717, 1.165) is 0 Å². The molecule has 0 radical (unpaired) electrons. The van der Waals surface area contributed by atoms with Gasteiger partial charge in [0, 0.05) is 26.4 Å². The average molecular weight is 269 g/mol. The van der Waals surface area contributed by atoms with Crippen LogP contribution in [0.4, 0.5) is 10.2 Å². The first kappa shape index (κ1) is 15.4. The van der Waals surface area contributed by atoms with Gasteiger partial charge in [0.15, 0.2) is 11.6 Å². The molecule has 19 heavy (non-hydrogen) atoms. The minimum absolute atomic E-state index is 0.0298. The van der Waals surface area contributed by atoms with Crippen molar-refractivity contribution < 1.29 is 13.9 Å². The molecule has 0 fully saturated rings. The van der Waals surface area contributed by atoms with Crippen molar-refractivity contribution in [3.8, 4) is 0 Å². The monoisotopic (exact) mass is 269 g/mol. The number of carbonyl (C=O) groups excluding carboxylic acids is 1. The zero-order valence-corrected chi connectivity index (χ0v) is 11.7. The second-order valence-electron chi connectivity index (χ2n) is 4.70. The van der Waals surface area contributed by atoms with E-state index in [-0.39, 0.29) is 11.4 Å². The second-order valence-corrected chi connectivity index (χ2v) is 4.70. The lowest BCUT2D eigenvalue weighted by molar-refractivity contribution is 0.0228. The first-order valence-corrected chi connectivity index (χ1v) is 6.13. The standard InChI is InChI=1S/C13H20FN3O2/c1-5-15-11-10(14)9(6-7-16-11)12(18)17-8-13(2,3)19-4/h6-7H,5,8H2,1-4H3,(H,15,16)(H,17,18). The van der Waals surface area contributed by atoms with Crippen molar-refractivity contribution in [3.63, 3.8) is 0 Å². The lowest BCUT2D eigenvalue weighted by Crippen LogP contribution is -2.40. The number of nitrogens with one attached hydrogen (secondary N) is 2. The molecule has 0 aliphatic carbocycles. The molecule has 1 heterocycles. The molecule has 6 heteroatoms. The summed E-state index contributed by atoms with van der Waals surface area (Å²) in [4.78, 5) is 15.8. The van der Waals surface area contributed by atoms with Crippen molar-refractivity contribution >= 4 is 11.7 Å². The van der Waals surface area contributed by atoms with Crippen LogP contribution in [0.25, 0.3) is 0 Å². The van der Waals surface area contributed by atoms with Crippen molar-refractivity contribution in [2.24, 2.45) is 0 Å². The third-order valence-corrected chi connectivity index (χ3v) is 2.71. The van der Waals surface area contributed by atoms with Crippen molar-refractivity contribution in [3.05, 3.63) is 23.6 Å². The van der Waals surface area contributed by atoms with Crippen LogP contribution in [0.2, 0.25) is 0 Å². The zero-order chi connectivity index (χ0) is 14.5. The summed E-state index contributed by atoms with van der Waals surface area (Å²) in [5.41, 5.74) is -0.526. The van der Waals surface area contributed by atoms with Gasteiger partial charge in [0.05, 0.1) is 11.2 Å². The number of aromatic nitrogens is 1. The fourth-order valence-electron chi connectivity index (χ4n) is 1.37. The summed E-state index contributed by atoms with van der Waals surface area (Å²) < 4.78 is 19.2. The van der Waals surface area contributed by atoms with E-state index in [2.05, 4.69) is 15.6 Å². The van der Waals surface area contributed by atoms with Gasteiger partial charge in [-0.05, 0) is 26.8 Å². The molecule has 0 unspecified atom stereocenters. The van der Waals surface area contributed by atoms with Gasteiger partial charge in [-0.3, -0.25) is 4.79 Å². The number of pyridine rings is 1. The van der Waals surface area contributed by atoms with E-state index in [0.29, 0.717) is 13.1 Å². The Bertz CT molecular complexity index is 450. The summed E-state index contributed by atoms with van der Waals surface area (Å²) in [5, 5.41) is 5.40. The minimum Gasteiger partial charge on any atom is -0.377 e. The molecule has 0 atom stereocenters. The van der Waals surface area contributed by atoms with E-state index in [1.807, 2.05) is 20.8 Å². The number of hydrogen-bond donors (Lipinski definition) is 2. The number of amides is 1. The number of ether oxygens (including phenoxy) is 1. The highest BCUT2D eigenvalue weighted by atomic mass is 19.1. The zero-order valence-electron chi connectivity index (χ0n) is 11.7. The Labute approximate surface area is 112 Å². The van der Waals surface area contributed by atoms with Gasteiger partial charge in [0.1, 0.15) is 0 Å². The maximum absolute atomic E-state index is 14.0. The predicted octanol–water partition coefficient (Wildman–Crippen LogP) is 1.81. The predicted molar refractivity (Wildman–Crippen MR) is 71.8 cm³/mol. The fourth-order valence-corrected chi connectivity index (χ4v) is 1.37. The molecule has 2 N–H and O–H groups in total. The molecular formula is C13H20FN3O2. The summed E-state index contributed by atoms with van der Waals surface area (Å²) >= 11 is 0. The topological polar surface area (TPSA) is 63.2 Å². The van der Waals surface area contributed by atoms with Crippen molar-refractivity contribution in [2.75, 3.05) is 25.5 Å². The van der Waals surface area contributed by atoms with E-state index in [1.54, 1.807) is 7.11 Å². The largest absolute Gasteiger partial charge is 0.377 e. The van der Waals surface area contributed by atoms with Crippen LogP contribution in [-0.2, 0) is 4.74 Å². The van der Waals surface area contributed by atoms with Crippen LogP contribution in [0.3, 0.4) is 0 Å². The molecular weight excluding hydrogens is 249 g/mol. The van der Waals surface area contributed by atoms with E-state index < -0.39 is 17.3 Å². The molecule has 0 aliphatic heterocycles. The number of rotatable bonds is 6. The van der Waals surface area contributed by atoms with Crippen LogP contribution in [0, 0.1) is 5.82 Å². The molecule has 106 valence electrons. The fraction of sp³-hybridized carbons (Fsp3) is 0.538. The van der Waals surface area contributed by atoms with Crippen molar-refractivity contribution in [2.45, 2.75) is 26.4 Å². The van der Waals surface area contributed by atoms with Crippen molar-refractivity contribution in [1.29, 1.82) is 0 Å². The molecule has 0 saturated heterocycles. The SMILES string of the molecule is CCNc1nccc(C(=O)NCC(C)(C)OC)c1F. The molecule has 0 saturated carbocycles. The molecule has 1 rings (SSSR count). The van der Waals surface area contributed by atoms with Gasteiger partial charge in [-0.25, -0.2) is 9.37 Å². The molecule has 0 aromatic carbocycles. The van der Waals surface area contributed by atoms with Crippen LogP contribution in [0.15, 0.2) is 12.3 Å². The minimum atomic E-state index is -0.642. The highest BCUT2D eigenvalue weighted by Crippen LogP contribution is 2.15. The quantitative estimate of drug-likeness (QED) is 0.826. The first-order chi connectivity index (χ1) is 8.91. The summed E-state index contributed by atoms with van der Waals surface area (Å²) in [7, 11) is 1.56. The Morgan fingerprint density at radius 1 is 1.53 bits per heavy atom. The number of carbonyl (C=O) groups is 1. The molecule has 0 aliphatic rings. The maximum Gasteiger partial charge on any atom is 0.254 e. The number of nitrogens with zero attached hydrogens (tertiary/aromatic N) is 1. The lowest BCUT2D eigenvalue weighted by Gasteiger charge is -2.23. The Balaban J connectivity index is 2.80. The maximum atomic E-state index is 14.0. The normalized spacial score (nSPS) is 11.2. The highest BCUT2D eigenvalue weighted by molar-refractivity contribution is 5.95. The molecule has 5 nitrogen and oxygen atoms in total. The van der Waals surface area contributed by atoms with Gasteiger partial charge < -0.3 is 15.4 Å². The number of hydrogen-bond acceptors (Lipinski definition) is 4. The van der Waals surface area contributed by atoms with Crippen LogP contribution in [-0.4, -0.2) is 36.7 Å². The molecule has 1 aromatic rings. The second kappa shape index (κ2) is 6.47. The van der Waals surface area contributed by atoms with Crippen molar-refractivity contribution in [1.82, 2.24) is 10.3 Å². The van der Waals surface area contributed by atoms with Gasteiger partial charge in [0.2, 0.25) is 0 Å². The van der Waals surface area contributed by atoms with Crippen LogP contribution < -0.4 is 10.6 Å². The van der Waals surface area contributed by atoms with Crippen LogP contribution in [0.5, 0.6) is 0 Å². The number of methoxy groups -OCH3 is 1. The third kappa shape index (κ3) is 4.17. The Morgan fingerprint density at radius 2 is 2.21 bits per heavy atom. The van der Waals surface area contributed by atoms with E-state index in [9.17, 15) is 9.18 Å². The number of anilines is 1. The molecule has 1 aromatic heterocycles. The third-order valence-electron chi connectivity index (χ3n) is 2.71. The van der Waals surface area contributed by atoms with Gasteiger partial charge in [0.25, 0.3) is 5.91 Å². The van der Waals surface area contributed by atoms with E-state index in [1.165, 1.54) is 12.3 Å². The van der Waals surface area contributed by atoms with Gasteiger partial charge >= 0.3 is 0 Å². The summed E-state index contributed by atoms with van der Waals surface area (Å²) in [5.74, 6) is -1.04. The summed E-state index contributed by atoms with van der Waals surface area (Å²) in [6.07, 6.45) is 1.40. The summed E-state index contributed by atoms with van der Waals surface area (Å²) in [6, 6.07) is 1.35.